The Hall–Kier alpha value is -2.28. The smallest absolute Gasteiger partial charge is 0.328 e. The maximum Gasteiger partial charge on any atom is 0.328 e. The Morgan fingerprint density at radius 3 is 1.54 bits per heavy atom. The third-order valence-electron chi connectivity index (χ3n) is 3.89. The quantitative estimate of drug-likeness (QED) is 0.169. The molecule has 3 amide bonds. The van der Waals surface area contributed by atoms with Gasteiger partial charge in [-0.25, -0.2) is 4.79 Å². The van der Waals surface area contributed by atoms with E-state index in [-0.39, 0.29) is 0 Å². The standard InChI is InChI=1S/C16H30N4O8/c1-6(2)10(18-13(24)9(17)5-21)14(25)19-11(7(3)22)15(26)20-12(8(4)23)16(27)28/h6-12,21-23H,5,17H2,1-4H3,(H,18,24)(H,19,25)(H,20,26)(H,27,28). The number of amides is 3. The van der Waals surface area contributed by atoms with Gasteiger partial charge in [0.1, 0.15) is 18.1 Å². The molecule has 0 saturated carbocycles. The van der Waals surface area contributed by atoms with Crippen LogP contribution in [-0.2, 0) is 19.2 Å². The average Bonchev–Trinajstić information content (AvgIpc) is 2.59. The summed E-state index contributed by atoms with van der Waals surface area (Å²) in [7, 11) is 0. The SMILES string of the molecule is CC(C)C(NC(=O)C(N)CO)C(=O)NC(C(=O)NC(C(=O)O)C(C)O)C(C)O. The van der Waals surface area contributed by atoms with Crippen LogP contribution >= 0.6 is 0 Å². The van der Waals surface area contributed by atoms with Crippen LogP contribution in [-0.4, -0.2) is 87.1 Å². The Morgan fingerprint density at radius 1 is 0.786 bits per heavy atom. The summed E-state index contributed by atoms with van der Waals surface area (Å²) in [5.41, 5.74) is 5.40. The molecule has 0 bridgehead atoms. The number of nitrogens with two attached hydrogens (primary N) is 1. The summed E-state index contributed by atoms with van der Waals surface area (Å²) in [6.45, 7) is 4.95. The van der Waals surface area contributed by atoms with Crippen LogP contribution in [0.4, 0.5) is 0 Å². The Morgan fingerprint density at radius 2 is 1.18 bits per heavy atom. The van der Waals surface area contributed by atoms with E-state index in [1.807, 2.05) is 5.32 Å². The lowest BCUT2D eigenvalue weighted by Crippen LogP contribution is -2.61. The highest BCUT2D eigenvalue weighted by atomic mass is 16.4. The maximum atomic E-state index is 12.5. The number of nitrogens with one attached hydrogen (secondary N) is 3. The number of carboxylic acids is 1. The third kappa shape index (κ3) is 7.76. The first-order valence-electron chi connectivity index (χ1n) is 8.69. The molecule has 0 aromatic rings. The fourth-order valence-electron chi connectivity index (χ4n) is 2.16. The van der Waals surface area contributed by atoms with Crippen molar-refractivity contribution in [3.8, 4) is 0 Å². The van der Waals surface area contributed by atoms with E-state index in [0.29, 0.717) is 0 Å². The van der Waals surface area contributed by atoms with E-state index in [1.165, 1.54) is 6.92 Å². The van der Waals surface area contributed by atoms with Crippen molar-refractivity contribution < 1.29 is 39.6 Å². The van der Waals surface area contributed by atoms with Gasteiger partial charge in [-0.1, -0.05) is 13.8 Å². The van der Waals surface area contributed by atoms with Crippen LogP contribution in [0.15, 0.2) is 0 Å². The van der Waals surface area contributed by atoms with Crippen LogP contribution < -0.4 is 21.7 Å². The normalized spacial score (nSPS) is 17.6. The van der Waals surface area contributed by atoms with Crippen molar-refractivity contribution in [1.82, 2.24) is 16.0 Å². The molecule has 9 N–H and O–H groups in total. The van der Waals surface area contributed by atoms with E-state index < -0.39 is 72.6 Å². The van der Waals surface area contributed by atoms with Crippen LogP contribution in [0.1, 0.15) is 27.7 Å². The lowest BCUT2D eigenvalue weighted by atomic mass is 10.0. The minimum atomic E-state index is -1.64. The number of aliphatic hydroxyl groups is 3. The van der Waals surface area contributed by atoms with Gasteiger partial charge in [0.05, 0.1) is 18.8 Å². The molecular formula is C16H30N4O8. The van der Waals surface area contributed by atoms with Crippen LogP contribution in [0.25, 0.3) is 0 Å². The first-order valence-corrected chi connectivity index (χ1v) is 8.69. The van der Waals surface area contributed by atoms with Crippen LogP contribution in [0.3, 0.4) is 0 Å². The predicted molar refractivity (Wildman–Crippen MR) is 96.7 cm³/mol. The van der Waals surface area contributed by atoms with Crippen molar-refractivity contribution in [3.05, 3.63) is 0 Å². The molecule has 0 saturated heterocycles. The second-order valence-electron chi connectivity index (χ2n) is 6.81. The van der Waals surface area contributed by atoms with Gasteiger partial charge in [0.25, 0.3) is 0 Å². The van der Waals surface area contributed by atoms with Gasteiger partial charge >= 0.3 is 5.97 Å². The van der Waals surface area contributed by atoms with Gasteiger partial charge in [-0.15, -0.1) is 0 Å². The van der Waals surface area contributed by atoms with E-state index >= 15 is 0 Å². The topological polar surface area (TPSA) is 211 Å². The zero-order valence-corrected chi connectivity index (χ0v) is 16.2. The highest BCUT2D eigenvalue weighted by Crippen LogP contribution is 2.05. The molecule has 0 aliphatic heterocycles. The van der Waals surface area contributed by atoms with Gasteiger partial charge in [-0.2, -0.15) is 0 Å². The number of hydrogen-bond donors (Lipinski definition) is 8. The molecule has 162 valence electrons. The van der Waals surface area contributed by atoms with Gasteiger partial charge in [-0.05, 0) is 19.8 Å². The second-order valence-corrected chi connectivity index (χ2v) is 6.81. The highest BCUT2D eigenvalue weighted by Gasteiger charge is 2.34. The van der Waals surface area contributed by atoms with Crippen molar-refractivity contribution in [3.63, 3.8) is 0 Å². The molecule has 6 atom stereocenters. The van der Waals surface area contributed by atoms with E-state index in [4.69, 9.17) is 15.9 Å². The molecule has 0 aromatic heterocycles. The fraction of sp³-hybridized carbons (Fsp3) is 0.750. The lowest BCUT2D eigenvalue weighted by molar-refractivity contribution is -0.146. The van der Waals surface area contributed by atoms with Crippen molar-refractivity contribution in [2.45, 2.75) is 64.1 Å². The summed E-state index contributed by atoms with van der Waals surface area (Å²) >= 11 is 0. The van der Waals surface area contributed by atoms with E-state index in [0.717, 1.165) is 6.92 Å². The van der Waals surface area contributed by atoms with E-state index in [9.17, 15) is 29.4 Å². The molecule has 0 heterocycles. The fourth-order valence-corrected chi connectivity index (χ4v) is 2.16. The molecule has 0 rings (SSSR count). The van der Waals surface area contributed by atoms with E-state index in [1.54, 1.807) is 13.8 Å². The highest BCUT2D eigenvalue weighted by molar-refractivity contribution is 5.94. The Labute approximate surface area is 162 Å². The minimum absolute atomic E-state index is 0.434. The summed E-state index contributed by atoms with van der Waals surface area (Å²) < 4.78 is 0. The first kappa shape index (κ1) is 25.7. The summed E-state index contributed by atoms with van der Waals surface area (Å²) in [5.74, 6) is -4.56. The number of carboxylic acid groups (broad SMARTS) is 1. The lowest BCUT2D eigenvalue weighted by Gasteiger charge is -2.28. The zero-order chi connectivity index (χ0) is 22.2. The van der Waals surface area contributed by atoms with Crippen LogP contribution in [0, 0.1) is 5.92 Å². The Kier molecular flexibility index (Phi) is 10.6. The van der Waals surface area contributed by atoms with Gasteiger partial charge in [0, 0.05) is 0 Å². The van der Waals surface area contributed by atoms with Gasteiger partial charge in [0.15, 0.2) is 6.04 Å². The molecule has 0 fully saturated rings. The van der Waals surface area contributed by atoms with Crippen LogP contribution in [0.5, 0.6) is 0 Å². The van der Waals surface area contributed by atoms with E-state index in [2.05, 4.69) is 10.6 Å². The Bertz CT molecular complexity index is 567. The molecular weight excluding hydrogens is 376 g/mol. The number of aliphatic hydroxyl groups excluding tert-OH is 3. The Balaban J connectivity index is 5.32. The molecule has 0 aliphatic rings. The van der Waals surface area contributed by atoms with Gasteiger partial charge in [0.2, 0.25) is 17.7 Å². The molecule has 0 spiro atoms. The maximum absolute atomic E-state index is 12.5. The molecule has 12 heteroatoms. The van der Waals surface area contributed by atoms with Crippen molar-refractivity contribution in [2.75, 3.05) is 6.61 Å². The van der Waals surface area contributed by atoms with Crippen molar-refractivity contribution in [1.29, 1.82) is 0 Å². The monoisotopic (exact) mass is 406 g/mol. The largest absolute Gasteiger partial charge is 0.480 e. The third-order valence-corrected chi connectivity index (χ3v) is 3.89. The minimum Gasteiger partial charge on any atom is -0.480 e. The molecule has 28 heavy (non-hydrogen) atoms. The summed E-state index contributed by atoms with van der Waals surface area (Å²) in [4.78, 5) is 47.8. The average molecular weight is 406 g/mol. The summed E-state index contributed by atoms with van der Waals surface area (Å²) in [6, 6.07) is -5.56. The molecule has 12 nitrogen and oxygen atoms in total. The number of rotatable bonds is 11. The number of aliphatic carboxylic acids is 1. The van der Waals surface area contributed by atoms with Crippen molar-refractivity contribution >= 4 is 23.7 Å². The van der Waals surface area contributed by atoms with Crippen molar-refractivity contribution in [2.24, 2.45) is 11.7 Å². The number of carbonyl (C=O) groups is 4. The number of carbonyl (C=O) groups excluding carboxylic acids is 3. The molecule has 0 radical (unpaired) electrons. The molecule has 6 unspecified atom stereocenters. The molecule has 0 aromatic carbocycles. The zero-order valence-electron chi connectivity index (χ0n) is 16.2. The van der Waals surface area contributed by atoms with Gasteiger partial charge < -0.3 is 42.1 Å². The first-order chi connectivity index (χ1) is 12.8. The predicted octanol–water partition coefficient (Wildman–Crippen LogP) is -3.74. The summed E-state index contributed by atoms with van der Waals surface area (Å²) in [6.07, 6.45) is -2.83. The van der Waals surface area contributed by atoms with Gasteiger partial charge in [-0.3, -0.25) is 14.4 Å². The second kappa shape index (κ2) is 11.5. The number of hydrogen-bond acceptors (Lipinski definition) is 8. The van der Waals surface area contributed by atoms with Crippen LogP contribution in [0.2, 0.25) is 0 Å². The summed E-state index contributed by atoms with van der Waals surface area (Å²) in [5, 5.41) is 43.8. The molecule has 0 aliphatic carbocycles.